The van der Waals surface area contributed by atoms with E-state index in [1.165, 1.54) is 22.3 Å². The first-order chi connectivity index (χ1) is 18.6. The van der Waals surface area contributed by atoms with Gasteiger partial charge in [0.1, 0.15) is 12.4 Å². The lowest BCUT2D eigenvalue weighted by atomic mass is 9.75. The first-order valence-corrected chi connectivity index (χ1v) is 13.3. The highest BCUT2D eigenvalue weighted by Gasteiger charge is 2.44. The highest BCUT2D eigenvalue weighted by molar-refractivity contribution is 6.00. The monoisotopic (exact) mass is 506 g/mol. The minimum absolute atomic E-state index is 0.0165. The predicted molar refractivity (Wildman–Crippen MR) is 143 cm³/mol. The lowest BCUT2D eigenvalue weighted by Gasteiger charge is -2.47. The summed E-state index contributed by atoms with van der Waals surface area (Å²) in [4.78, 5) is 28.9. The van der Waals surface area contributed by atoms with Gasteiger partial charge in [-0.05, 0) is 72.6 Å². The molecule has 3 aliphatic rings. The van der Waals surface area contributed by atoms with E-state index < -0.39 is 0 Å². The fourth-order valence-electron chi connectivity index (χ4n) is 6.73. The van der Waals surface area contributed by atoms with Gasteiger partial charge in [-0.25, -0.2) is 4.79 Å². The normalized spacial score (nSPS) is 21.7. The number of hydrogen-bond acceptors (Lipinski definition) is 5. The Morgan fingerprint density at radius 1 is 0.947 bits per heavy atom. The average molecular weight is 507 g/mol. The number of amides is 1. The van der Waals surface area contributed by atoms with Crippen molar-refractivity contribution in [3.8, 4) is 22.9 Å². The van der Waals surface area contributed by atoms with Crippen LogP contribution in [-0.2, 0) is 4.74 Å². The fraction of sp³-hybridized carbons (Fsp3) is 0.344. The number of carbonyl (C=O) groups excluding carboxylic acids is 2. The third-order valence-corrected chi connectivity index (χ3v) is 8.50. The zero-order chi connectivity index (χ0) is 26.2. The summed E-state index contributed by atoms with van der Waals surface area (Å²) < 4.78 is 11.3. The van der Waals surface area contributed by atoms with Gasteiger partial charge in [-0.15, -0.1) is 0 Å². The third-order valence-electron chi connectivity index (χ3n) is 8.50. The molecule has 2 atom stereocenters. The molecule has 0 spiro atoms. The van der Waals surface area contributed by atoms with Gasteiger partial charge < -0.3 is 14.4 Å². The quantitative estimate of drug-likeness (QED) is 0.378. The molecule has 3 aromatic carbocycles. The molecule has 1 aliphatic carbocycles. The molecule has 2 fully saturated rings. The van der Waals surface area contributed by atoms with Crippen molar-refractivity contribution in [2.24, 2.45) is 5.92 Å². The summed E-state index contributed by atoms with van der Waals surface area (Å²) in [6.45, 7) is 0.292. The number of Topliss-reactive ketones (excluding diaryl/α,β-unsaturated/α-hetero) is 1. The Labute approximate surface area is 222 Å². The van der Waals surface area contributed by atoms with Crippen molar-refractivity contribution in [2.75, 3.05) is 13.7 Å². The number of piperidine rings is 2. The highest BCUT2D eigenvalue weighted by Crippen LogP contribution is 2.45. The van der Waals surface area contributed by atoms with Crippen LogP contribution in [0.5, 0.6) is 5.75 Å². The number of benzene rings is 3. The first kappa shape index (κ1) is 24.2. The highest BCUT2D eigenvalue weighted by atomic mass is 16.6. The van der Waals surface area contributed by atoms with Crippen LogP contribution in [0.15, 0.2) is 66.7 Å². The molecule has 0 saturated carbocycles. The van der Waals surface area contributed by atoms with Gasteiger partial charge in [0.05, 0.1) is 18.7 Å². The number of fused-ring (bicyclic) bond motifs is 5. The van der Waals surface area contributed by atoms with Crippen LogP contribution in [0.25, 0.3) is 11.1 Å². The largest absolute Gasteiger partial charge is 0.497 e. The van der Waals surface area contributed by atoms with Gasteiger partial charge >= 0.3 is 6.09 Å². The zero-order valence-electron chi connectivity index (χ0n) is 21.4. The van der Waals surface area contributed by atoms with Crippen LogP contribution >= 0.6 is 0 Å². The predicted octanol–water partition coefficient (Wildman–Crippen LogP) is 6.33. The van der Waals surface area contributed by atoms with Crippen LogP contribution < -0.4 is 4.74 Å². The average Bonchev–Trinajstić information content (AvgIpc) is 3.28. The number of carbonyl (C=O) groups is 2. The number of methoxy groups -OCH3 is 1. The molecular formula is C32H30N2O4. The van der Waals surface area contributed by atoms with Gasteiger partial charge in [-0.1, -0.05) is 48.5 Å². The van der Waals surface area contributed by atoms with Crippen molar-refractivity contribution in [2.45, 2.75) is 50.1 Å². The number of ether oxygens (including phenoxy) is 2. The lowest BCUT2D eigenvalue weighted by Crippen LogP contribution is -2.56. The van der Waals surface area contributed by atoms with Crippen LogP contribution in [0.1, 0.15) is 65.1 Å². The van der Waals surface area contributed by atoms with Crippen molar-refractivity contribution >= 4 is 11.9 Å². The molecule has 2 unspecified atom stereocenters. The maximum absolute atomic E-state index is 13.5. The number of nitriles is 1. The van der Waals surface area contributed by atoms with Gasteiger partial charge in [-0.3, -0.25) is 4.79 Å². The van der Waals surface area contributed by atoms with E-state index in [9.17, 15) is 14.9 Å². The standard InChI is InChI=1S/C32H30N2O4/c1-37-24-14-13-20(18-33)29(17-24)31(35)21-15-22-7-6-8-23(16-21)34(22)32(36)38-19-30-27-11-4-2-9-25(27)26-10-3-5-12-28(26)30/h2-5,9-14,17,21-23,30H,6-8,15-16,19H2,1H3. The molecule has 6 nitrogen and oxygen atoms in total. The number of rotatable bonds is 5. The van der Waals surface area contributed by atoms with E-state index in [0.717, 1.165) is 19.3 Å². The first-order valence-electron chi connectivity index (χ1n) is 13.3. The number of ketones is 1. The molecule has 2 saturated heterocycles. The molecular weight excluding hydrogens is 476 g/mol. The molecule has 0 N–H and O–H groups in total. The molecule has 2 aliphatic heterocycles. The zero-order valence-corrected chi connectivity index (χ0v) is 21.4. The minimum atomic E-state index is -0.286. The molecule has 1 amide bonds. The second-order valence-electron chi connectivity index (χ2n) is 10.5. The van der Waals surface area contributed by atoms with E-state index >= 15 is 0 Å². The fourth-order valence-corrected chi connectivity index (χ4v) is 6.73. The van der Waals surface area contributed by atoms with E-state index in [4.69, 9.17) is 9.47 Å². The van der Waals surface area contributed by atoms with Gasteiger partial charge in [-0.2, -0.15) is 5.26 Å². The van der Waals surface area contributed by atoms with E-state index in [1.54, 1.807) is 25.3 Å². The number of hydrogen-bond donors (Lipinski definition) is 0. The van der Waals surface area contributed by atoms with Crippen LogP contribution in [0.2, 0.25) is 0 Å². The SMILES string of the molecule is COc1ccc(C#N)c(C(=O)C2CC3CCCC(C2)N3C(=O)OCC2c3ccccc3-c3ccccc32)c1. The van der Waals surface area contributed by atoms with Crippen LogP contribution in [0.4, 0.5) is 4.79 Å². The second-order valence-corrected chi connectivity index (χ2v) is 10.5. The Balaban J connectivity index is 1.18. The smallest absolute Gasteiger partial charge is 0.410 e. The lowest BCUT2D eigenvalue weighted by molar-refractivity contribution is 0.00650. The minimum Gasteiger partial charge on any atom is -0.497 e. The van der Waals surface area contributed by atoms with Crippen molar-refractivity contribution in [1.82, 2.24) is 4.90 Å². The van der Waals surface area contributed by atoms with E-state index in [-0.39, 0.29) is 35.8 Å². The van der Waals surface area contributed by atoms with E-state index in [1.807, 2.05) is 29.2 Å². The maximum Gasteiger partial charge on any atom is 0.410 e. The van der Waals surface area contributed by atoms with Crippen LogP contribution in [0, 0.1) is 17.2 Å². The summed E-state index contributed by atoms with van der Waals surface area (Å²) in [7, 11) is 1.55. The molecule has 3 aromatic rings. The van der Waals surface area contributed by atoms with E-state index in [2.05, 4.69) is 30.3 Å². The Morgan fingerprint density at radius 2 is 1.58 bits per heavy atom. The third kappa shape index (κ3) is 4.12. The van der Waals surface area contributed by atoms with Gasteiger partial charge in [0.25, 0.3) is 0 Å². The molecule has 38 heavy (non-hydrogen) atoms. The van der Waals surface area contributed by atoms with Crippen molar-refractivity contribution in [3.63, 3.8) is 0 Å². The molecule has 6 rings (SSSR count). The molecule has 192 valence electrons. The van der Waals surface area contributed by atoms with Crippen molar-refractivity contribution < 1.29 is 19.1 Å². The summed E-state index contributed by atoms with van der Waals surface area (Å²) in [5, 5.41) is 9.56. The Hall–Kier alpha value is -4.11. The summed E-state index contributed by atoms with van der Waals surface area (Å²) in [5.74, 6) is 0.304. The van der Waals surface area contributed by atoms with Crippen molar-refractivity contribution in [3.05, 3.63) is 89.0 Å². The van der Waals surface area contributed by atoms with Gasteiger partial charge in [0.2, 0.25) is 0 Å². The topological polar surface area (TPSA) is 79.6 Å². The summed E-state index contributed by atoms with van der Waals surface area (Å²) in [6.07, 6.45) is 3.63. The van der Waals surface area contributed by atoms with Gasteiger partial charge in [0, 0.05) is 29.5 Å². The molecule has 0 aromatic heterocycles. The molecule has 2 heterocycles. The van der Waals surface area contributed by atoms with Crippen LogP contribution in [0.3, 0.4) is 0 Å². The maximum atomic E-state index is 13.5. The summed E-state index contributed by atoms with van der Waals surface area (Å²) in [5.41, 5.74) is 5.56. The van der Waals surface area contributed by atoms with Crippen molar-refractivity contribution in [1.29, 1.82) is 5.26 Å². The van der Waals surface area contributed by atoms with E-state index in [0.29, 0.717) is 36.3 Å². The Morgan fingerprint density at radius 3 is 2.18 bits per heavy atom. The Kier molecular flexibility index (Phi) is 6.37. The molecule has 6 heteroatoms. The summed E-state index contributed by atoms with van der Waals surface area (Å²) >= 11 is 0. The summed E-state index contributed by atoms with van der Waals surface area (Å²) in [6, 6.07) is 23.7. The number of nitrogens with zero attached hydrogens (tertiary/aromatic N) is 2. The molecule has 2 bridgehead atoms. The van der Waals surface area contributed by atoms with Gasteiger partial charge in [0.15, 0.2) is 5.78 Å². The van der Waals surface area contributed by atoms with Crippen LogP contribution in [-0.4, -0.2) is 42.6 Å². The second kappa shape index (κ2) is 9.98. The molecule has 0 radical (unpaired) electrons. The Bertz CT molecular complexity index is 1380.